The summed E-state index contributed by atoms with van der Waals surface area (Å²) < 4.78 is 0. The minimum atomic E-state index is -0.434. The van der Waals surface area contributed by atoms with Crippen molar-refractivity contribution in [3.63, 3.8) is 0 Å². The molecule has 158 valence electrons. The number of para-hydroxylation sites is 2. The molecule has 1 aromatic rings. The summed E-state index contributed by atoms with van der Waals surface area (Å²) in [6, 6.07) is 6.43. The van der Waals surface area contributed by atoms with Crippen LogP contribution in [0.4, 0.5) is 11.4 Å². The van der Waals surface area contributed by atoms with Gasteiger partial charge in [0.2, 0.25) is 11.8 Å². The summed E-state index contributed by atoms with van der Waals surface area (Å²) >= 11 is 0. The van der Waals surface area contributed by atoms with E-state index in [2.05, 4.69) is 10.2 Å². The van der Waals surface area contributed by atoms with Crippen LogP contribution < -0.4 is 5.32 Å². The topological polar surface area (TPSA) is 99.0 Å². The van der Waals surface area contributed by atoms with Crippen LogP contribution in [0.2, 0.25) is 0 Å². The number of likely N-dealkylation sites (tertiary alicyclic amines) is 1. The van der Waals surface area contributed by atoms with Crippen LogP contribution in [0.5, 0.6) is 0 Å². The van der Waals surface area contributed by atoms with Crippen molar-refractivity contribution in [2.75, 3.05) is 57.7 Å². The summed E-state index contributed by atoms with van der Waals surface area (Å²) in [5.41, 5.74) is 0.431. The number of nitrogens with one attached hydrogen (secondary N) is 1. The van der Waals surface area contributed by atoms with Gasteiger partial charge in [-0.2, -0.15) is 0 Å². The highest BCUT2D eigenvalue weighted by molar-refractivity contribution is 5.79. The number of anilines is 1. The van der Waals surface area contributed by atoms with Crippen LogP contribution in [0, 0.1) is 10.1 Å². The Kier molecular flexibility index (Phi) is 7.40. The molecule has 2 amide bonds. The third-order valence-corrected chi connectivity index (χ3v) is 5.51. The van der Waals surface area contributed by atoms with Gasteiger partial charge in [-0.25, -0.2) is 0 Å². The Morgan fingerprint density at radius 1 is 0.931 bits per heavy atom. The first kappa shape index (κ1) is 21.0. The Morgan fingerprint density at radius 2 is 1.62 bits per heavy atom. The molecule has 0 atom stereocenters. The van der Waals surface area contributed by atoms with E-state index < -0.39 is 4.92 Å². The first-order valence-electron chi connectivity index (χ1n) is 10.3. The Labute approximate surface area is 170 Å². The number of nitrogens with zero attached hydrogens (tertiary/aromatic N) is 4. The molecule has 2 fully saturated rings. The van der Waals surface area contributed by atoms with E-state index in [4.69, 9.17) is 0 Å². The molecule has 0 radical (unpaired) electrons. The van der Waals surface area contributed by atoms with Crippen molar-refractivity contribution in [1.82, 2.24) is 14.7 Å². The van der Waals surface area contributed by atoms with Gasteiger partial charge in [0.05, 0.1) is 11.5 Å². The van der Waals surface area contributed by atoms with Gasteiger partial charge in [0.15, 0.2) is 0 Å². The molecule has 1 aromatic carbocycles. The number of rotatable bonds is 7. The summed E-state index contributed by atoms with van der Waals surface area (Å²) in [5, 5.41) is 14.1. The van der Waals surface area contributed by atoms with Crippen LogP contribution in [0.3, 0.4) is 0 Å². The van der Waals surface area contributed by atoms with Crippen molar-refractivity contribution < 1.29 is 14.5 Å². The lowest BCUT2D eigenvalue weighted by molar-refractivity contribution is -0.384. The second-order valence-electron chi connectivity index (χ2n) is 7.55. The molecule has 0 aliphatic carbocycles. The molecule has 29 heavy (non-hydrogen) atoms. The van der Waals surface area contributed by atoms with Gasteiger partial charge in [-0.3, -0.25) is 24.6 Å². The fourth-order valence-corrected chi connectivity index (χ4v) is 3.88. The van der Waals surface area contributed by atoms with E-state index in [0.29, 0.717) is 38.4 Å². The Hall–Kier alpha value is -2.68. The molecule has 3 rings (SSSR count). The lowest BCUT2D eigenvalue weighted by Crippen LogP contribution is -2.41. The lowest BCUT2D eigenvalue weighted by atomic mass is 10.2. The first-order chi connectivity index (χ1) is 14.0. The highest BCUT2D eigenvalue weighted by Gasteiger charge is 2.23. The quantitative estimate of drug-likeness (QED) is 0.548. The monoisotopic (exact) mass is 403 g/mol. The van der Waals surface area contributed by atoms with E-state index in [9.17, 15) is 19.7 Å². The number of carbonyl (C=O) groups is 2. The summed E-state index contributed by atoms with van der Waals surface area (Å²) in [6.07, 6.45) is 3.30. The molecule has 1 N–H and O–H groups in total. The maximum absolute atomic E-state index is 12.6. The zero-order valence-electron chi connectivity index (χ0n) is 16.7. The average Bonchev–Trinajstić information content (AvgIpc) is 3.15. The van der Waals surface area contributed by atoms with Crippen LogP contribution in [0.15, 0.2) is 24.3 Å². The summed E-state index contributed by atoms with van der Waals surface area (Å²) in [7, 11) is 0. The van der Waals surface area contributed by atoms with Crippen molar-refractivity contribution in [3.05, 3.63) is 34.4 Å². The molecule has 0 bridgehead atoms. The third kappa shape index (κ3) is 5.90. The number of nitro groups is 1. The van der Waals surface area contributed by atoms with Gasteiger partial charge in [0.1, 0.15) is 5.69 Å². The van der Waals surface area contributed by atoms with Crippen molar-refractivity contribution >= 4 is 23.2 Å². The van der Waals surface area contributed by atoms with E-state index >= 15 is 0 Å². The molecule has 0 saturated carbocycles. The second kappa shape index (κ2) is 10.2. The molecular weight excluding hydrogens is 374 g/mol. The summed E-state index contributed by atoms with van der Waals surface area (Å²) in [5.74, 6) is 0.222. The molecule has 9 heteroatoms. The van der Waals surface area contributed by atoms with Gasteiger partial charge in [0.25, 0.3) is 5.69 Å². The summed E-state index contributed by atoms with van der Waals surface area (Å²) in [6.45, 7) is 5.31. The fourth-order valence-electron chi connectivity index (χ4n) is 3.88. The summed E-state index contributed by atoms with van der Waals surface area (Å²) in [4.78, 5) is 41.4. The third-order valence-electron chi connectivity index (χ3n) is 5.51. The Morgan fingerprint density at radius 3 is 2.38 bits per heavy atom. The van der Waals surface area contributed by atoms with Crippen LogP contribution in [0.1, 0.15) is 25.7 Å². The number of amides is 2. The molecular formula is C20H29N5O4. The Bertz CT molecular complexity index is 735. The predicted molar refractivity (Wildman–Crippen MR) is 110 cm³/mol. The minimum absolute atomic E-state index is 0.00744. The molecule has 2 heterocycles. The highest BCUT2D eigenvalue weighted by Crippen LogP contribution is 2.23. The predicted octanol–water partition coefficient (Wildman–Crippen LogP) is 1.55. The molecule has 2 aliphatic heterocycles. The zero-order valence-corrected chi connectivity index (χ0v) is 16.7. The van der Waals surface area contributed by atoms with Gasteiger partial charge in [-0.05, 0) is 25.3 Å². The van der Waals surface area contributed by atoms with Crippen LogP contribution in [0.25, 0.3) is 0 Å². The molecule has 2 saturated heterocycles. The van der Waals surface area contributed by atoms with Crippen LogP contribution in [-0.4, -0.2) is 83.8 Å². The second-order valence-corrected chi connectivity index (χ2v) is 7.55. The van der Waals surface area contributed by atoms with Gasteiger partial charge < -0.3 is 15.1 Å². The molecule has 9 nitrogen and oxygen atoms in total. The number of hydrogen-bond acceptors (Lipinski definition) is 6. The molecule has 0 unspecified atom stereocenters. The minimum Gasteiger partial charge on any atom is -0.379 e. The standard InChI is InChI=1S/C20H29N5O4/c26-19(8-9-21-17-6-1-2-7-18(17)25(28)29)24-13-5-10-22(14-15-24)16-20(27)23-11-3-4-12-23/h1-2,6-7,21H,3-5,8-16H2. The number of benzene rings is 1. The normalized spacial score (nSPS) is 17.8. The van der Waals surface area contributed by atoms with E-state index in [1.165, 1.54) is 6.07 Å². The SMILES string of the molecule is O=C(CCNc1ccccc1[N+](=O)[O-])N1CCCN(CC(=O)N2CCCC2)CC1. The van der Waals surface area contributed by atoms with Gasteiger partial charge in [-0.15, -0.1) is 0 Å². The van der Waals surface area contributed by atoms with Crippen molar-refractivity contribution in [3.8, 4) is 0 Å². The van der Waals surface area contributed by atoms with Gasteiger partial charge >= 0.3 is 0 Å². The van der Waals surface area contributed by atoms with Gasteiger partial charge in [-0.1, -0.05) is 12.1 Å². The highest BCUT2D eigenvalue weighted by atomic mass is 16.6. The lowest BCUT2D eigenvalue weighted by Gasteiger charge is -2.24. The maximum atomic E-state index is 12.6. The zero-order chi connectivity index (χ0) is 20.6. The van der Waals surface area contributed by atoms with Crippen molar-refractivity contribution in [1.29, 1.82) is 0 Å². The first-order valence-corrected chi connectivity index (χ1v) is 10.3. The number of nitro benzene ring substituents is 1. The van der Waals surface area contributed by atoms with E-state index in [1.807, 2.05) is 9.80 Å². The average molecular weight is 403 g/mol. The molecule has 2 aliphatic rings. The van der Waals surface area contributed by atoms with E-state index in [-0.39, 0.29) is 23.9 Å². The van der Waals surface area contributed by atoms with Crippen LogP contribution in [-0.2, 0) is 9.59 Å². The number of carbonyl (C=O) groups excluding carboxylic acids is 2. The molecule has 0 aromatic heterocycles. The van der Waals surface area contributed by atoms with Gasteiger partial charge in [0, 0.05) is 58.3 Å². The smallest absolute Gasteiger partial charge is 0.292 e. The number of hydrogen-bond donors (Lipinski definition) is 1. The van der Waals surface area contributed by atoms with Crippen LogP contribution >= 0.6 is 0 Å². The van der Waals surface area contributed by atoms with E-state index in [1.54, 1.807) is 18.2 Å². The fraction of sp³-hybridized carbons (Fsp3) is 0.600. The Balaban J connectivity index is 1.42. The molecule has 0 spiro atoms. The van der Waals surface area contributed by atoms with E-state index in [0.717, 1.165) is 38.9 Å². The van der Waals surface area contributed by atoms with Crippen molar-refractivity contribution in [2.45, 2.75) is 25.7 Å². The maximum Gasteiger partial charge on any atom is 0.292 e. The largest absolute Gasteiger partial charge is 0.379 e. The van der Waals surface area contributed by atoms with Crippen molar-refractivity contribution in [2.24, 2.45) is 0 Å².